The van der Waals surface area contributed by atoms with Gasteiger partial charge >= 0.3 is 0 Å². The molecule has 0 amide bonds. The lowest BCUT2D eigenvalue weighted by Crippen LogP contribution is -2.27. The summed E-state index contributed by atoms with van der Waals surface area (Å²) in [6, 6.07) is 48.3. The lowest BCUT2D eigenvalue weighted by atomic mass is 9.96. The van der Waals surface area contributed by atoms with Crippen LogP contribution in [0.5, 0.6) is 0 Å². The second-order valence-corrected chi connectivity index (χ2v) is 13.0. The number of nitrogens with zero attached hydrogens (tertiary/aromatic N) is 1. The molecular weight excluding hydrogens is 521 g/mol. The van der Waals surface area contributed by atoms with Crippen molar-refractivity contribution in [3.63, 3.8) is 0 Å². The Balaban J connectivity index is 1.44. The smallest absolute Gasteiger partial charge is 0.188 e. The molecule has 3 nitrogen and oxygen atoms in total. The molecule has 2 heterocycles. The largest absolute Gasteiger partial charge is 0.455 e. The molecule has 0 bridgehead atoms. The zero-order chi connectivity index (χ0) is 27.4. The second-order valence-electron chi connectivity index (χ2n) is 10.3. The van der Waals surface area contributed by atoms with Crippen molar-refractivity contribution in [2.75, 3.05) is 0 Å². The van der Waals surface area contributed by atoms with Crippen molar-refractivity contribution in [3.8, 4) is 11.3 Å². The number of pyridine rings is 1. The molecule has 6 aromatic carbocycles. The van der Waals surface area contributed by atoms with Crippen LogP contribution in [0, 0.1) is 0 Å². The standard InChI is InChI=1S/C37H24NO2P/c39-41(27-14-3-1-4-15-27,28-16-5-2-6-17-28)34-21-11-20-32(38-34)31-24-26-13-8-10-19-30(26)36-35-29-18-9-7-12-25(29)22-23-33(35)40-37(31)36/h1-24H. The lowest BCUT2D eigenvalue weighted by molar-refractivity contribution is 0.592. The summed E-state index contributed by atoms with van der Waals surface area (Å²) in [5, 5.41) is 8.26. The minimum atomic E-state index is -3.23. The molecular formula is C37H24NO2P. The maximum atomic E-state index is 15.1. The molecule has 0 saturated carbocycles. The van der Waals surface area contributed by atoms with Crippen molar-refractivity contribution in [2.24, 2.45) is 0 Å². The zero-order valence-electron chi connectivity index (χ0n) is 22.1. The van der Waals surface area contributed by atoms with Crippen LogP contribution in [0.25, 0.3) is 54.7 Å². The third-order valence-corrected chi connectivity index (χ3v) is 10.9. The quantitative estimate of drug-likeness (QED) is 0.208. The topological polar surface area (TPSA) is 43.1 Å². The summed E-state index contributed by atoms with van der Waals surface area (Å²) < 4.78 is 21.7. The predicted molar refractivity (Wildman–Crippen MR) is 171 cm³/mol. The molecule has 0 unspecified atom stereocenters. The van der Waals surface area contributed by atoms with Crippen LogP contribution in [0.3, 0.4) is 0 Å². The third kappa shape index (κ3) is 3.67. The van der Waals surface area contributed by atoms with Gasteiger partial charge in [-0.2, -0.15) is 0 Å². The number of hydrogen-bond acceptors (Lipinski definition) is 3. The van der Waals surface area contributed by atoms with E-state index in [1.807, 2.05) is 78.9 Å². The summed E-state index contributed by atoms with van der Waals surface area (Å²) in [6.45, 7) is 0. The van der Waals surface area contributed by atoms with Crippen molar-refractivity contribution in [1.29, 1.82) is 0 Å². The second kappa shape index (κ2) is 9.30. The Hall–Kier alpha value is -4.98. The first-order valence-electron chi connectivity index (χ1n) is 13.7. The van der Waals surface area contributed by atoms with Gasteiger partial charge in [-0.05, 0) is 45.8 Å². The van der Waals surface area contributed by atoms with Gasteiger partial charge in [-0.15, -0.1) is 0 Å². The van der Waals surface area contributed by atoms with E-state index in [9.17, 15) is 0 Å². The Morgan fingerprint density at radius 3 is 1.85 bits per heavy atom. The minimum absolute atomic E-state index is 0.551. The van der Waals surface area contributed by atoms with E-state index in [1.54, 1.807) is 0 Å². The molecule has 0 radical (unpaired) electrons. The average molecular weight is 546 g/mol. The molecule has 0 N–H and O–H groups in total. The molecule has 0 aliphatic heterocycles. The first-order chi connectivity index (χ1) is 20.2. The van der Waals surface area contributed by atoms with Crippen LogP contribution in [0.2, 0.25) is 0 Å². The monoisotopic (exact) mass is 545 g/mol. The van der Waals surface area contributed by atoms with Crippen LogP contribution in [0.15, 0.2) is 150 Å². The van der Waals surface area contributed by atoms with Crippen molar-refractivity contribution in [1.82, 2.24) is 4.98 Å². The highest BCUT2D eigenvalue weighted by Gasteiger charge is 2.31. The molecule has 2 aromatic heterocycles. The van der Waals surface area contributed by atoms with E-state index in [-0.39, 0.29) is 0 Å². The fraction of sp³-hybridized carbons (Fsp3) is 0. The number of hydrogen-bond donors (Lipinski definition) is 0. The minimum Gasteiger partial charge on any atom is -0.455 e. The van der Waals surface area contributed by atoms with Gasteiger partial charge in [0, 0.05) is 26.9 Å². The summed E-state index contributed by atoms with van der Waals surface area (Å²) in [5.74, 6) is 0. The molecule has 0 aliphatic rings. The number of benzene rings is 6. The molecule has 0 spiro atoms. The van der Waals surface area contributed by atoms with Gasteiger partial charge in [0.05, 0.1) is 5.69 Å². The van der Waals surface area contributed by atoms with Gasteiger partial charge in [0.15, 0.2) is 7.14 Å². The number of aromatic nitrogens is 1. The molecule has 0 fully saturated rings. The maximum absolute atomic E-state index is 15.1. The van der Waals surface area contributed by atoms with Gasteiger partial charge in [-0.25, -0.2) is 4.98 Å². The molecule has 8 rings (SSSR count). The zero-order valence-corrected chi connectivity index (χ0v) is 23.0. The third-order valence-electron chi connectivity index (χ3n) is 7.93. The molecule has 0 saturated heterocycles. The van der Waals surface area contributed by atoms with Crippen LogP contribution in [0.1, 0.15) is 0 Å². The Kier molecular flexibility index (Phi) is 5.41. The fourth-order valence-electron chi connectivity index (χ4n) is 6.02. The highest BCUT2D eigenvalue weighted by atomic mass is 31.2. The van der Waals surface area contributed by atoms with E-state index in [1.165, 1.54) is 5.39 Å². The Labute approximate surface area is 237 Å². The van der Waals surface area contributed by atoms with E-state index in [2.05, 4.69) is 66.7 Å². The normalized spacial score (nSPS) is 12.0. The summed E-state index contributed by atoms with van der Waals surface area (Å²) in [5.41, 5.74) is 3.79. The predicted octanol–water partition coefficient (Wildman–Crippen LogP) is 8.59. The van der Waals surface area contributed by atoms with Gasteiger partial charge in [-0.1, -0.05) is 121 Å². The molecule has 0 aliphatic carbocycles. The van der Waals surface area contributed by atoms with Gasteiger partial charge < -0.3 is 8.98 Å². The van der Waals surface area contributed by atoms with Crippen molar-refractivity contribution < 1.29 is 8.98 Å². The molecule has 8 aromatic rings. The Bertz CT molecular complexity index is 2240. The van der Waals surface area contributed by atoms with E-state index in [4.69, 9.17) is 9.40 Å². The molecule has 0 atom stereocenters. The van der Waals surface area contributed by atoms with Crippen LogP contribution in [-0.4, -0.2) is 4.98 Å². The van der Waals surface area contributed by atoms with Crippen molar-refractivity contribution in [3.05, 3.63) is 146 Å². The van der Waals surface area contributed by atoms with Crippen LogP contribution >= 0.6 is 7.14 Å². The highest BCUT2D eigenvalue weighted by molar-refractivity contribution is 7.85. The number of furan rings is 1. The first kappa shape index (κ1) is 23.9. The van der Waals surface area contributed by atoms with E-state index in [0.29, 0.717) is 5.44 Å². The lowest BCUT2D eigenvalue weighted by Gasteiger charge is -2.19. The SMILES string of the molecule is O=P(c1ccccc1)(c1ccccc1)c1cccc(-c2cc3ccccc3c3c2oc2ccc4ccccc4c23)n1. The van der Waals surface area contributed by atoms with Gasteiger partial charge in [0.2, 0.25) is 0 Å². The summed E-state index contributed by atoms with van der Waals surface area (Å²) in [7, 11) is -3.23. The van der Waals surface area contributed by atoms with Crippen LogP contribution < -0.4 is 16.0 Å². The van der Waals surface area contributed by atoms with Crippen LogP contribution in [0.4, 0.5) is 0 Å². The Morgan fingerprint density at radius 1 is 0.537 bits per heavy atom. The van der Waals surface area contributed by atoms with Crippen LogP contribution in [-0.2, 0) is 4.57 Å². The number of rotatable bonds is 4. The van der Waals surface area contributed by atoms with E-state index < -0.39 is 7.14 Å². The molecule has 41 heavy (non-hydrogen) atoms. The van der Waals surface area contributed by atoms with Crippen molar-refractivity contribution >= 4 is 66.7 Å². The molecule has 4 heteroatoms. The maximum Gasteiger partial charge on any atom is 0.188 e. The first-order valence-corrected chi connectivity index (χ1v) is 15.4. The van der Waals surface area contributed by atoms with E-state index in [0.717, 1.165) is 60.0 Å². The highest BCUT2D eigenvalue weighted by Crippen LogP contribution is 2.45. The summed E-state index contributed by atoms with van der Waals surface area (Å²) in [6.07, 6.45) is 0. The molecule has 194 valence electrons. The Morgan fingerprint density at radius 2 is 1.15 bits per heavy atom. The van der Waals surface area contributed by atoms with Gasteiger partial charge in [-0.3, -0.25) is 0 Å². The fourth-order valence-corrected chi connectivity index (χ4v) is 8.57. The van der Waals surface area contributed by atoms with Crippen molar-refractivity contribution in [2.45, 2.75) is 0 Å². The van der Waals surface area contributed by atoms with Gasteiger partial charge in [0.1, 0.15) is 16.6 Å². The number of fused-ring (bicyclic) bond motifs is 7. The summed E-state index contributed by atoms with van der Waals surface area (Å²) >= 11 is 0. The van der Waals surface area contributed by atoms with E-state index >= 15 is 4.57 Å². The summed E-state index contributed by atoms with van der Waals surface area (Å²) in [4.78, 5) is 5.13. The van der Waals surface area contributed by atoms with Gasteiger partial charge in [0.25, 0.3) is 0 Å². The average Bonchev–Trinajstić information content (AvgIpc) is 3.45.